The third kappa shape index (κ3) is 0.983. The van der Waals surface area contributed by atoms with Gasteiger partial charge < -0.3 is 4.74 Å². The van der Waals surface area contributed by atoms with Gasteiger partial charge in [0, 0.05) is 0 Å². The van der Waals surface area contributed by atoms with Gasteiger partial charge in [0.1, 0.15) is 0 Å². The van der Waals surface area contributed by atoms with Gasteiger partial charge in [0.15, 0.2) is 0 Å². The van der Waals surface area contributed by atoms with E-state index in [2.05, 4.69) is 27.7 Å². The lowest BCUT2D eigenvalue weighted by molar-refractivity contribution is 0.165. The van der Waals surface area contributed by atoms with Crippen LogP contribution in [0.2, 0.25) is 0 Å². The van der Waals surface area contributed by atoms with E-state index in [1.54, 1.807) is 0 Å². The van der Waals surface area contributed by atoms with E-state index in [1.807, 2.05) is 0 Å². The minimum Gasteiger partial charge on any atom is -0.380 e. The molecule has 0 bridgehead atoms. The number of rotatable bonds is 0. The fourth-order valence-electron chi connectivity index (χ4n) is 0.952. The summed E-state index contributed by atoms with van der Waals surface area (Å²) < 4.78 is 5.38. The molecule has 1 rings (SSSR count). The van der Waals surface area contributed by atoms with Gasteiger partial charge in [-0.15, -0.1) is 0 Å². The first-order valence-corrected chi connectivity index (χ1v) is 3.53. The van der Waals surface area contributed by atoms with Gasteiger partial charge in [0.25, 0.3) is 0 Å². The number of ether oxygens (including phenoxy) is 1. The van der Waals surface area contributed by atoms with Gasteiger partial charge in [-0.05, 0) is 10.8 Å². The van der Waals surface area contributed by atoms with Crippen molar-refractivity contribution in [3.63, 3.8) is 0 Å². The van der Waals surface area contributed by atoms with Gasteiger partial charge in [0.2, 0.25) is 0 Å². The Bertz CT molecular complexity index is 99.7. The Balaban J connectivity index is 2.75. The predicted molar refractivity (Wildman–Crippen MR) is 38.4 cm³/mol. The normalized spacial score (nSPS) is 30.7. The molecule has 0 aromatic rings. The summed E-state index contributed by atoms with van der Waals surface area (Å²) in [7, 11) is 0. The summed E-state index contributed by atoms with van der Waals surface area (Å²) in [6.07, 6.45) is 0. The highest BCUT2D eigenvalue weighted by Gasteiger charge is 2.42. The third-order valence-corrected chi connectivity index (χ3v) is 2.76. The molecule has 54 valence electrons. The molecule has 1 heteroatoms. The Hall–Kier alpha value is -0.0400. The van der Waals surface area contributed by atoms with Gasteiger partial charge >= 0.3 is 0 Å². The largest absolute Gasteiger partial charge is 0.380 e. The highest BCUT2D eigenvalue weighted by atomic mass is 16.5. The van der Waals surface area contributed by atoms with Crippen molar-refractivity contribution in [3.8, 4) is 0 Å². The summed E-state index contributed by atoms with van der Waals surface area (Å²) in [4.78, 5) is 0. The molecule has 1 aliphatic heterocycles. The Morgan fingerprint density at radius 2 is 1.22 bits per heavy atom. The molecule has 0 aromatic heterocycles. The zero-order chi connectivity index (χ0) is 7.12. The van der Waals surface area contributed by atoms with E-state index in [0.29, 0.717) is 10.8 Å². The van der Waals surface area contributed by atoms with E-state index >= 15 is 0 Å². The minimum absolute atomic E-state index is 0.368. The first-order chi connectivity index (χ1) is 3.96. The van der Waals surface area contributed by atoms with Crippen molar-refractivity contribution in [3.05, 3.63) is 0 Å². The monoisotopic (exact) mass is 128 g/mol. The molecule has 1 aliphatic rings. The summed E-state index contributed by atoms with van der Waals surface area (Å²) >= 11 is 0. The Morgan fingerprint density at radius 1 is 0.889 bits per heavy atom. The first-order valence-electron chi connectivity index (χ1n) is 3.53. The summed E-state index contributed by atoms with van der Waals surface area (Å²) in [6, 6.07) is 0. The summed E-state index contributed by atoms with van der Waals surface area (Å²) in [5.41, 5.74) is 0.736. The van der Waals surface area contributed by atoms with Gasteiger partial charge in [0.05, 0.1) is 13.2 Å². The molecule has 0 aliphatic carbocycles. The van der Waals surface area contributed by atoms with E-state index < -0.39 is 0 Å². The van der Waals surface area contributed by atoms with Crippen LogP contribution in [-0.4, -0.2) is 13.2 Å². The van der Waals surface area contributed by atoms with E-state index in [9.17, 15) is 0 Å². The van der Waals surface area contributed by atoms with Gasteiger partial charge in [-0.2, -0.15) is 0 Å². The van der Waals surface area contributed by atoms with Crippen LogP contribution >= 0.6 is 0 Å². The van der Waals surface area contributed by atoms with Crippen LogP contribution in [0.25, 0.3) is 0 Å². The highest BCUT2D eigenvalue weighted by molar-refractivity contribution is 4.90. The molecule has 0 atom stereocenters. The average molecular weight is 128 g/mol. The van der Waals surface area contributed by atoms with Crippen LogP contribution in [0.4, 0.5) is 0 Å². The fourth-order valence-corrected chi connectivity index (χ4v) is 0.952. The fraction of sp³-hybridized carbons (Fsp3) is 1.00. The van der Waals surface area contributed by atoms with E-state index in [4.69, 9.17) is 4.74 Å². The summed E-state index contributed by atoms with van der Waals surface area (Å²) in [5.74, 6) is 0. The lowest BCUT2D eigenvalue weighted by Gasteiger charge is -2.31. The van der Waals surface area contributed by atoms with Crippen molar-refractivity contribution in [2.24, 2.45) is 10.8 Å². The van der Waals surface area contributed by atoms with Crippen LogP contribution in [0.1, 0.15) is 27.7 Å². The van der Waals surface area contributed by atoms with E-state index in [-0.39, 0.29) is 0 Å². The van der Waals surface area contributed by atoms with Gasteiger partial charge in [-0.1, -0.05) is 27.7 Å². The molecule has 1 saturated heterocycles. The van der Waals surface area contributed by atoms with Crippen molar-refractivity contribution >= 4 is 0 Å². The van der Waals surface area contributed by atoms with Crippen LogP contribution in [0, 0.1) is 10.8 Å². The van der Waals surface area contributed by atoms with Crippen LogP contribution in [0.5, 0.6) is 0 Å². The summed E-state index contributed by atoms with van der Waals surface area (Å²) in [5, 5.41) is 0. The SMILES string of the molecule is CC1(C)COCC1(C)C. The standard InChI is InChI=1S/C8H16O/c1-7(2)5-9-6-8(7,3)4/h5-6H2,1-4H3. The number of hydrogen-bond acceptors (Lipinski definition) is 1. The lowest BCUT2D eigenvalue weighted by Crippen LogP contribution is -2.30. The van der Waals surface area contributed by atoms with Gasteiger partial charge in [-0.3, -0.25) is 0 Å². The lowest BCUT2D eigenvalue weighted by atomic mass is 9.71. The molecule has 0 spiro atoms. The Kier molecular flexibility index (Phi) is 1.35. The summed E-state index contributed by atoms with van der Waals surface area (Å²) in [6.45, 7) is 10.9. The first kappa shape index (κ1) is 7.07. The molecular formula is C8H16O. The van der Waals surface area contributed by atoms with E-state index in [1.165, 1.54) is 0 Å². The number of hydrogen-bond donors (Lipinski definition) is 0. The molecular weight excluding hydrogens is 112 g/mol. The van der Waals surface area contributed by atoms with Crippen molar-refractivity contribution < 1.29 is 4.74 Å². The topological polar surface area (TPSA) is 9.23 Å². The predicted octanol–water partition coefficient (Wildman–Crippen LogP) is 2.07. The second-order valence-corrected chi connectivity index (χ2v) is 4.26. The molecule has 1 fully saturated rings. The molecule has 0 saturated carbocycles. The quantitative estimate of drug-likeness (QED) is 0.485. The second kappa shape index (κ2) is 1.72. The Labute approximate surface area is 57.4 Å². The second-order valence-electron chi connectivity index (χ2n) is 4.26. The van der Waals surface area contributed by atoms with E-state index in [0.717, 1.165) is 13.2 Å². The van der Waals surface area contributed by atoms with Crippen LogP contribution in [-0.2, 0) is 4.74 Å². The molecule has 9 heavy (non-hydrogen) atoms. The van der Waals surface area contributed by atoms with Crippen molar-refractivity contribution in [1.29, 1.82) is 0 Å². The van der Waals surface area contributed by atoms with Crippen LogP contribution in [0.15, 0.2) is 0 Å². The average Bonchev–Trinajstić information content (AvgIpc) is 1.81. The molecule has 0 N–H and O–H groups in total. The van der Waals surface area contributed by atoms with Crippen molar-refractivity contribution in [2.45, 2.75) is 27.7 Å². The maximum Gasteiger partial charge on any atom is 0.0523 e. The van der Waals surface area contributed by atoms with Crippen molar-refractivity contribution in [1.82, 2.24) is 0 Å². The minimum atomic E-state index is 0.368. The third-order valence-electron chi connectivity index (χ3n) is 2.76. The maximum atomic E-state index is 5.38. The molecule has 1 heterocycles. The van der Waals surface area contributed by atoms with Crippen LogP contribution in [0.3, 0.4) is 0 Å². The van der Waals surface area contributed by atoms with Crippen molar-refractivity contribution in [2.75, 3.05) is 13.2 Å². The molecule has 0 radical (unpaired) electrons. The van der Waals surface area contributed by atoms with Gasteiger partial charge in [-0.25, -0.2) is 0 Å². The maximum absolute atomic E-state index is 5.38. The molecule has 0 amide bonds. The molecule has 1 nitrogen and oxygen atoms in total. The molecule has 0 unspecified atom stereocenters. The van der Waals surface area contributed by atoms with Crippen LogP contribution < -0.4 is 0 Å². The Morgan fingerprint density at radius 3 is 1.33 bits per heavy atom. The molecule has 0 aromatic carbocycles. The highest BCUT2D eigenvalue weighted by Crippen LogP contribution is 2.43. The zero-order valence-electron chi connectivity index (χ0n) is 6.82. The zero-order valence-corrected chi connectivity index (χ0v) is 6.82. The smallest absolute Gasteiger partial charge is 0.0523 e.